The fourth-order valence-electron chi connectivity index (χ4n) is 5.07. The van der Waals surface area contributed by atoms with Gasteiger partial charge in [-0.3, -0.25) is 4.79 Å². The summed E-state index contributed by atoms with van der Waals surface area (Å²) >= 11 is 6.30. The van der Waals surface area contributed by atoms with Crippen molar-refractivity contribution in [3.05, 3.63) is 76.5 Å². The van der Waals surface area contributed by atoms with Gasteiger partial charge in [-0.1, -0.05) is 56.3 Å². The molecule has 2 aliphatic rings. The number of hydrogen-bond acceptors (Lipinski definition) is 4. The highest BCUT2D eigenvalue weighted by Crippen LogP contribution is 2.43. The topological polar surface area (TPSA) is 59.4 Å². The molecule has 1 unspecified atom stereocenters. The molecule has 0 radical (unpaired) electrons. The van der Waals surface area contributed by atoms with Crippen LogP contribution in [0.4, 0.5) is 5.69 Å². The molecule has 2 heterocycles. The van der Waals surface area contributed by atoms with Gasteiger partial charge in [-0.2, -0.15) is 5.26 Å². The maximum atomic E-state index is 13.8. The quantitative estimate of drug-likeness (QED) is 0.648. The van der Waals surface area contributed by atoms with Gasteiger partial charge in [-0.25, -0.2) is 0 Å². The molecule has 4 rings (SSSR count). The molecule has 6 heteroatoms. The second-order valence-electron chi connectivity index (χ2n) is 9.58. The smallest absolute Gasteiger partial charge is 0.258 e. The molecule has 1 fully saturated rings. The number of benzene rings is 2. The highest BCUT2D eigenvalue weighted by atomic mass is 35.5. The van der Waals surface area contributed by atoms with E-state index >= 15 is 0 Å². The van der Waals surface area contributed by atoms with Gasteiger partial charge in [0.25, 0.3) is 5.91 Å². The Kier molecular flexibility index (Phi) is 6.52. The maximum absolute atomic E-state index is 13.8. The van der Waals surface area contributed by atoms with Crippen LogP contribution in [0.15, 0.2) is 54.7 Å². The molecule has 0 aliphatic carbocycles. The largest absolute Gasteiger partial charge is 0.358 e. The summed E-state index contributed by atoms with van der Waals surface area (Å²) in [4.78, 5) is 17.7. The Hall–Kier alpha value is -2.81. The number of anilines is 1. The van der Waals surface area contributed by atoms with E-state index in [1.54, 1.807) is 6.07 Å². The van der Waals surface area contributed by atoms with Crippen molar-refractivity contribution in [1.82, 2.24) is 10.2 Å². The van der Waals surface area contributed by atoms with Gasteiger partial charge in [0.15, 0.2) is 0 Å². The van der Waals surface area contributed by atoms with Gasteiger partial charge >= 0.3 is 0 Å². The number of amides is 1. The van der Waals surface area contributed by atoms with Gasteiger partial charge in [0.1, 0.15) is 6.04 Å². The van der Waals surface area contributed by atoms with Crippen LogP contribution in [0.3, 0.4) is 0 Å². The number of likely N-dealkylation sites (tertiary alicyclic amines) is 1. The first-order chi connectivity index (χ1) is 15.7. The molecule has 33 heavy (non-hydrogen) atoms. The summed E-state index contributed by atoms with van der Waals surface area (Å²) < 4.78 is 0. The summed E-state index contributed by atoms with van der Waals surface area (Å²) in [7, 11) is 0. The molecule has 2 aliphatic heterocycles. The van der Waals surface area contributed by atoms with Crippen LogP contribution in [0.5, 0.6) is 0 Å². The monoisotopic (exact) mass is 462 g/mol. The van der Waals surface area contributed by atoms with Crippen LogP contribution in [-0.4, -0.2) is 42.5 Å². The summed E-state index contributed by atoms with van der Waals surface area (Å²) in [6, 6.07) is 16.1. The molecule has 1 saturated heterocycles. The Bertz CT molecular complexity index is 1120. The van der Waals surface area contributed by atoms with Gasteiger partial charge in [0.2, 0.25) is 0 Å². The van der Waals surface area contributed by atoms with E-state index in [1.807, 2.05) is 35.2 Å². The molecule has 0 aromatic heterocycles. The molecule has 2 aromatic rings. The number of carbonyl (C=O) groups excluding carboxylic acids is 1. The lowest BCUT2D eigenvalue weighted by Crippen LogP contribution is -2.44. The summed E-state index contributed by atoms with van der Waals surface area (Å²) in [6.07, 6.45) is 1.91. The average Bonchev–Trinajstić information content (AvgIpc) is 3.27. The molecule has 5 nitrogen and oxygen atoms in total. The number of nitrogens with zero attached hydrogens (tertiary/aromatic N) is 3. The van der Waals surface area contributed by atoms with Gasteiger partial charge < -0.3 is 15.1 Å². The lowest BCUT2D eigenvalue weighted by atomic mass is 9.76. The normalized spacial score (nSPS) is 20.0. The van der Waals surface area contributed by atoms with E-state index < -0.39 is 0 Å². The van der Waals surface area contributed by atoms with E-state index in [9.17, 15) is 10.1 Å². The van der Waals surface area contributed by atoms with E-state index in [2.05, 4.69) is 49.7 Å². The average molecular weight is 463 g/mol. The highest BCUT2D eigenvalue weighted by molar-refractivity contribution is 6.31. The third kappa shape index (κ3) is 4.38. The zero-order chi connectivity index (χ0) is 23.8. The SMILES string of the molecule is C=C(CN[C@H](C)CN1C(=O)c2cc(Cl)ccc2C(C)(C)c2ccccc21)N1CCCC1C#N. The highest BCUT2D eigenvalue weighted by Gasteiger charge is 2.37. The third-order valence-electron chi connectivity index (χ3n) is 6.92. The summed E-state index contributed by atoms with van der Waals surface area (Å²) in [5, 5.41) is 13.4. The van der Waals surface area contributed by atoms with E-state index in [0.29, 0.717) is 23.7 Å². The number of carbonyl (C=O) groups is 1. The fourth-order valence-corrected chi connectivity index (χ4v) is 5.24. The Morgan fingerprint density at radius 3 is 2.82 bits per heavy atom. The zero-order valence-electron chi connectivity index (χ0n) is 19.6. The number of fused-ring (bicyclic) bond motifs is 2. The number of rotatable bonds is 6. The molecule has 1 N–H and O–H groups in total. The molecular weight excluding hydrogens is 432 g/mol. The Labute approximate surface area is 201 Å². The molecule has 2 aromatic carbocycles. The van der Waals surface area contributed by atoms with Gasteiger partial charge in [0, 0.05) is 53.1 Å². The molecule has 172 valence electrons. The zero-order valence-corrected chi connectivity index (χ0v) is 20.3. The van der Waals surface area contributed by atoms with Crippen molar-refractivity contribution in [2.24, 2.45) is 0 Å². The molecule has 1 amide bonds. The Balaban J connectivity index is 1.58. The van der Waals surface area contributed by atoms with Crippen molar-refractivity contribution < 1.29 is 4.79 Å². The summed E-state index contributed by atoms with van der Waals surface area (Å²) in [5.74, 6) is -0.0397. The van der Waals surface area contributed by atoms with Crippen LogP contribution >= 0.6 is 11.6 Å². The van der Waals surface area contributed by atoms with Gasteiger partial charge in [-0.15, -0.1) is 0 Å². The Morgan fingerprint density at radius 2 is 2.06 bits per heavy atom. The van der Waals surface area contributed by atoms with Crippen LogP contribution in [0.1, 0.15) is 55.1 Å². The van der Waals surface area contributed by atoms with Crippen LogP contribution in [0, 0.1) is 11.3 Å². The lowest BCUT2D eigenvalue weighted by Gasteiger charge is -2.30. The van der Waals surface area contributed by atoms with Crippen LogP contribution in [-0.2, 0) is 5.41 Å². The number of para-hydroxylation sites is 1. The number of nitriles is 1. The fraction of sp³-hybridized carbons (Fsp3) is 0.407. The number of halogens is 1. The van der Waals surface area contributed by atoms with E-state index in [0.717, 1.165) is 41.9 Å². The van der Waals surface area contributed by atoms with Crippen molar-refractivity contribution in [3.8, 4) is 6.07 Å². The predicted molar refractivity (Wildman–Crippen MR) is 134 cm³/mol. The van der Waals surface area contributed by atoms with E-state index in [4.69, 9.17) is 11.6 Å². The second kappa shape index (κ2) is 9.21. The Morgan fingerprint density at radius 1 is 1.30 bits per heavy atom. The number of hydrogen-bond donors (Lipinski definition) is 1. The minimum atomic E-state index is -0.339. The van der Waals surface area contributed by atoms with Crippen molar-refractivity contribution in [1.29, 1.82) is 5.26 Å². The second-order valence-corrected chi connectivity index (χ2v) is 10.0. The molecule has 0 spiro atoms. The van der Waals surface area contributed by atoms with E-state index in [1.165, 1.54) is 0 Å². The lowest BCUT2D eigenvalue weighted by molar-refractivity contribution is 0.0984. The van der Waals surface area contributed by atoms with Crippen molar-refractivity contribution in [2.45, 2.75) is 51.1 Å². The molecular formula is C27H31ClN4O. The summed E-state index contributed by atoms with van der Waals surface area (Å²) in [5.41, 5.74) is 4.26. The van der Waals surface area contributed by atoms with Crippen LogP contribution < -0.4 is 10.2 Å². The minimum Gasteiger partial charge on any atom is -0.358 e. The van der Waals surface area contributed by atoms with Crippen LogP contribution in [0.25, 0.3) is 0 Å². The standard InChI is InChI=1S/C27H31ClN4O/c1-18(30-16-19(2)31-13-7-8-21(31)15-29)17-32-25-10-6-5-9-24(25)27(3,4)23-12-11-20(28)14-22(23)26(32)33/h5-6,9-12,14,18,21,30H,2,7-8,13,16-17H2,1,3-4H3/t18-,21?/m1/s1. The molecule has 2 atom stereocenters. The third-order valence-corrected chi connectivity index (χ3v) is 7.15. The first kappa shape index (κ1) is 23.4. The van der Waals surface area contributed by atoms with Crippen molar-refractivity contribution >= 4 is 23.2 Å². The molecule has 0 bridgehead atoms. The van der Waals surface area contributed by atoms with Crippen LogP contribution in [0.2, 0.25) is 5.02 Å². The predicted octanol–water partition coefficient (Wildman–Crippen LogP) is 5.11. The first-order valence-corrected chi connectivity index (χ1v) is 11.9. The van der Waals surface area contributed by atoms with Crippen molar-refractivity contribution in [2.75, 3.05) is 24.5 Å². The van der Waals surface area contributed by atoms with E-state index in [-0.39, 0.29) is 23.4 Å². The van der Waals surface area contributed by atoms with Gasteiger partial charge in [-0.05, 0) is 49.1 Å². The molecule has 0 saturated carbocycles. The number of nitrogens with one attached hydrogen (secondary N) is 1. The first-order valence-electron chi connectivity index (χ1n) is 11.5. The summed E-state index contributed by atoms with van der Waals surface area (Å²) in [6.45, 7) is 12.5. The minimum absolute atomic E-state index is 0.0192. The van der Waals surface area contributed by atoms with Crippen molar-refractivity contribution in [3.63, 3.8) is 0 Å². The maximum Gasteiger partial charge on any atom is 0.258 e. The van der Waals surface area contributed by atoms with Gasteiger partial charge in [0.05, 0.1) is 6.07 Å².